The summed E-state index contributed by atoms with van der Waals surface area (Å²) in [5, 5.41) is 3.68. The number of nitrogens with one attached hydrogen (secondary N) is 1. The van der Waals surface area contributed by atoms with Crippen molar-refractivity contribution in [3.8, 4) is 0 Å². The van der Waals surface area contributed by atoms with Crippen molar-refractivity contribution in [2.75, 3.05) is 18.0 Å². The van der Waals surface area contributed by atoms with Crippen molar-refractivity contribution in [1.82, 2.24) is 5.32 Å². The van der Waals surface area contributed by atoms with E-state index in [-0.39, 0.29) is 5.41 Å². The van der Waals surface area contributed by atoms with E-state index in [2.05, 4.69) is 55.3 Å². The summed E-state index contributed by atoms with van der Waals surface area (Å²) in [5.41, 5.74) is 3.04. The highest BCUT2D eigenvalue weighted by Gasteiger charge is 2.32. The Morgan fingerprint density at radius 3 is 2.11 bits per heavy atom. The van der Waals surface area contributed by atoms with Crippen LogP contribution in [0.2, 0.25) is 0 Å². The number of nitrogens with zero attached hydrogens (tertiary/aromatic N) is 1. The Morgan fingerprint density at radius 2 is 1.61 bits per heavy atom. The summed E-state index contributed by atoms with van der Waals surface area (Å²) in [6, 6.07) is 10.6. The summed E-state index contributed by atoms with van der Waals surface area (Å²) in [4.78, 5) is 2.46. The van der Waals surface area contributed by atoms with Crippen LogP contribution in [0.25, 0.3) is 0 Å². The standard InChI is InChI=1S/C16H24N2/c1-16(2,3)12-4-8-15(9-5-12)18-10-14(11-18)17-13-6-7-13/h4-5,8-9,13-14,17H,6-7,10-11H2,1-3H3. The Labute approximate surface area is 110 Å². The van der Waals surface area contributed by atoms with E-state index in [0.717, 1.165) is 12.1 Å². The highest BCUT2D eigenvalue weighted by Crippen LogP contribution is 2.28. The molecule has 0 aromatic heterocycles. The van der Waals surface area contributed by atoms with Crippen molar-refractivity contribution in [2.45, 2.75) is 51.1 Å². The van der Waals surface area contributed by atoms with Crippen LogP contribution >= 0.6 is 0 Å². The van der Waals surface area contributed by atoms with Gasteiger partial charge in [-0.25, -0.2) is 0 Å². The van der Waals surface area contributed by atoms with Crippen LogP contribution in [0.1, 0.15) is 39.2 Å². The first kappa shape index (κ1) is 12.0. The molecule has 1 aliphatic heterocycles. The lowest BCUT2D eigenvalue weighted by Gasteiger charge is -2.41. The zero-order chi connectivity index (χ0) is 12.8. The molecule has 1 aromatic rings. The van der Waals surface area contributed by atoms with E-state index in [9.17, 15) is 0 Å². The number of anilines is 1. The molecule has 2 fully saturated rings. The number of benzene rings is 1. The Kier molecular flexibility index (Phi) is 2.86. The second kappa shape index (κ2) is 4.27. The van der Waals surface area contributed by atoms with Crippen molar-refractivity contribution in [1.29, 1.82) is 0 Å². The van der Waals surface area contributed by atoms with Gasteiger partial charge in [0.2, 0.25) is 0 Å². The van der Waals surface area contributed by atoms with E-state index in [4.69, 9.17) is 0 Å². The monoisotopic (exact) mass is 244 g/mol. The van der Waals surface area contributed by atoms with E-state index in [1.54, 1.807) is 0 Å². The molecule has 1 N–H and O–H groups in total. The molecule has 0 unspecified atom stereocenters. The quantitative estimate of drug-likeness (QED) is 0.879. The highest BCUT2D eigenvalue weighted by molar-refractivity contribution is 5.51. The van der Waals surface area contributed by atoms with Gasteiger partial charge in [-0.15, -0.1) is 0 Å². The minimum Gasteiger partial charge on any atom is -0.368 e. The molecule has 2 nitrogen and oxygen atoms in total. The van der Waals surface area contributed by atoms with Crippen molar-refractivity contribution >= 4 is 5.69 Å². The van der Waals surface area contributed by atoms with E-state index in [1.165, 1.54) is 37.2 Å². The first-order valence-corrected chi connectivity index (χ1v) is 7.14. The third kappa shape index (κ3) is 2.54. The molecule has 1 saturated heterocycles. The molecule has 0 spiro atoms. The Balaban J connectivity index is 1.57. The average Bonchev–Trinajstić information content (AvgIpc) is 3.05. The van der Waals surface area contributed by atoms with Crippen molar-refractivity contribution in [3.05, 3.63) is 29.8 Å². The maximum atomic E-state index is 3.68. The lowest BCUT2D eigenvalue weighted by molar-refractivity contribution is 0.417. The largest absolute Gasteiger partial charge is 0.368 e. The number of rotatable bonds is 3. The van der Waals surface area contributed by atoms with E-state index in [1.807, 2.05) is 0 Å². The molecular formula is C16H24N2. The molecular weight excluding hydrogens is 220 g/mol. The van der Waals surface area contributed by atoms with Gasteiger partial charge in [0, 0.05) is 30.9 Å². The minimum absolute atomic E-state index is 0.254. The average molecular weight is 244 g/mol. The van der Waals surface area contributed by atoms with Gasteiger partial charge >= 0.3 is 0 Å². The predicted octanol–water partition coefficient (Wildman–Crippen LogP) is 2.92. The van der Waals surface area contributed by atoms with Crippen LogP contribution in [0, 0.1) is 0 Å². The first-order valence-electron chi connectivity index (χ1n) is 7.14. The van der Waals surface area contributed by atoms with Crippen LogP contribution < -0.4 is 10.2 Å². The van der Waals surface area contributed by atoms with Gasteiger partial charge in [0.15, 0.2) is 0 Å². The van der Waals surface area contributed by atoms with Gasteiger partial charge in [0.25, 0.3) is 0 Å². The van der Waals surface area contributed by atoms with Crippen LogP contribution in [0.15, 0.2) is 24.3 Å². The van der Waals surface area contributed by atoms with Crippen LogP contribution in [0.4, 0.5) is 5.69 Å². The molecule has 0 radical (unpaired) electrons. The van der Waals surface area contributed by atoms with Crippen LogP contribution in [-0.4, -0.2) is 25.2 Å². The van der Waals surface area contributed by atoms with Crippen LogP contribution in [-0.2, 0) is 5.41 Å². The molecule has 2 aliphatic rings. The summed E-state index contributed by atoms with van der Waals surface area (Å²) in [5.74, 6) is 0. The lowest BCUT2D eigenvalue weighted by Crippen LogP contribution is -2.58. The fraction of sp³-hybridized carbons (Fsp3) is 0.625. The molecule has 18 heavy (non-hydrogen) atoms. The Morgan fingerprint density at radius 1 is 1.00 bits per heavy atom. The van der Waals surface area contributed by atoms with E-state index < -0.39 is 0 Å². The third-order valence-electron chi connectivity index (χ3n) is 4.03. The summed E-state index contributed by atoms with van der Waals surface area (Å²) >= 11 is 0. The van der Waals surface area contributed by atoms with E-state index in [0.29, 0.717) is 0 Å². The normalized spacial score (nSPS) is 20.9. The number of hydrogen-bond acceptors (Lipinski definition) is 2. The second-order valence-corrected chi connectivity index (χ2v) is 6.84. The molecule has 98 valence electrons. The maximum absolute atomic E-state index is 3.68. The smallest absolute Gasteiger partial charge is 0.0422 e. The van der Waals surface area contributed by atoms with E-state index >= 15 is 0 Å². The topological polar surface area (TPSA) is 15.3 Å². The van der Waals surface area contributed by atoms with Gasteiger partial charge in [-0.3, -0.25) is 0 Å². The fourth-order valence-corrected chi connectivity index (χ4v) is 2.55. The first-order chi connectivity index (χ1) is 8.52. The Bertz CT molecular complexity index is 406. The summed E-state index contributed by atoms with van der Waals surface area (Å²) in [6.45, 7) is 9.14. The van der Waals surface area contributed by atoms with Crippen molar-refractivity contribution in [2.24, 2.45) is 0 Å². The van der Waals surface area contributed by atoms with Gasteiger partial charge in [0.05, 0.1) is 0 Å². The fourth-order valence-electron chi connectivity index (χ4n) is 2.55. The molecule has 1 heterocycles. The number of hydrogen-bond donors (Lipinski definition) is 1. The second-order valence-electron chi connectivity index (χ2n) is 6.84. The van der Waals surface area contributed by atoms with Gasteiger partial charge in [0.1, 0.15) is 0 Å². The molecule has 0 atom stereocenters. The molecule has 1 saturated carbocycles. The third-order valence-corrected chi connectivity index (χ3v) is 4.03. The molecule has 3 rings (SSSR count). The van der Waals surface area contributed by atoms with Gasteiger partial charge < -0.3 is 10.2 Å². The summed E-state index contributed by atoms with van der Waals surface area (Å²) < 4.78 is 0. The Hall–Kier alpha value is -1.02. The van der Waals surface area contributed by atoms with Crippen LogP contribution in [0.5, 0.6) is 0 Å². The molecule has 2 heteroatoms. The lowest BCUT2D eigenvalue weighted by atomic mass is 9.87. The van der Waals surface area contributed by atoms with Crippen molar-refractivity contribution < 1.29 is 0 Å². The molecule has 1 aliphatic carbocycles. The molecule has 0 bridgehead atoms. The summed E-state index contributed by atoms with van der Waals surface area (Å²) in [6.07, 6.45) is 2.77. The predicted molar refractivity (Wildman–Crippen MR) is 77.3 cm³/mol. The zero-order valence-corrected chi connectivity index (χ0v) is 11.7. The van der Waals surface area contributed by atoms with Crippen molar-refractivity contribution in [3.63, 3.8) is 0 Å². The minimum atomic E-state index is 0.254. The van der Waals surface area contributed by atoms with Crippen LogP contribution in [0.3, 0.4) is 0 Å². The molecule has 0 amide bonds. The maximum Gasteiger partial charge on any atom is 0.0422 e. The van der Waals surface area contributed by atoms with Gasteiger partial charge in [-0.2, -0.15) is 0 Å². The SMILES string of the molecule is CC(C)(C)c1ccc(N2CC(NC3CC3)C2)cc1. The highest BCUT2D eigenvalue weighted by atomic mass is 15.3. The molecule has 1 aromatic carbocycles. The van der Waals surface area contributed by atoms with Gasteiger partial charge in [-0.1, -0.05) is 32.9 Å². The van der Waals surface area contributed by atoms with Gasteiger partial charge in [-0.05, 0) is 36.0 Å². The zero-order valence-electron chi connectivity index (χ0n) is 11.7. The summed E-state index contributed by atoms with van der Waals surface area (Å²) in [7, 11) is 0.